The number of rotatable bonds is 1. The smallest absolute Gasteiger partial charge is 0.187 e. The Kier molecular flexibility index (Phi) is 3.04. The molecule has 0 aromatic heterocycles. The lowest BCUT2D eigenvalue weighted by atomic mass is 10.1. The molecule has 1 aliphatic heterocycles. The SMILES string of the molecule is Cc1c(F)cc(Br)c(C2OCCO2)c1F. The number of hydrogen-bond donors (Lipinski definition) is 0. The average Bonchev–Trinajstić information content (AvgIpc) is 2.68. The van der Waals surface area contributed by atoms with Crippen molar-refractivity contribution < 1.29 is 18.3 Å². The predicted octanol–water partition coefficient (Wildman–Crippen LogP) is 3.08. The molecule has 0 N–H and O–H groups in total. The Hall–Kier alpha value is -0.520. The van der Waals surface area contributed by atoms with Crippen molar-refractivity contribution in [3.63, 3.8) is 0 Å². The zero-order valence-electron chi connectivity index (χ0n) is 8.02. The molecule has 1 aromatic carbocycles. The van der Waals surface area contributed by atoms with Crippen LogP contribution in [-0.2, 0) is 9.47 Å². The first-order valence-electron chi connectivity index (χ1n) is 4.48. The third-order valence-electron chi connectivity index (χ3n) is 2.29. The minimum Gasteiger partial charge on any atom is -0.346 e. The summed E-state index contributed by atoms with van der Waals surface area (Å²) in [5, 5.41) is 0. The molecule has 2 rings (SSSR count). The van der Waals surface area contributed by atoms with Crippen molar-refractivity contribution in [3.05, 3.63) is 33.3 Å². The fraction of sp³-hybridized carbons (Fsp3) is 0.400. The highest BCUT2D eigenvalue weighted by Crippen LogP contribution is 2.34. The van der Waals surface area contributed by atoms with Crippen LogP contribution in [0.4, 0.5) is 8.78 Å². The van der Waals surface area contributed by atoms with Crippen LogP contribution < -0.4 is 0 Å². The van der Waals surface area contributed by atoms with Crippen molar-refractivity contribution in [3.8, 4) is 0 Å². The van der Waals surface area contributed by atoms with Crippen LogP contribution in [0.25, 0.3) is 0 Å². The zero-order valence-corrected chi connectivity index (χ0v) is 9.61. The molecular weight excluding hydrogens is 270 g/mol. The van der Waals surface area contributed by atoms with Crippen LogP contribution in [-0.4, -0.2) is 13.2 Å². The predicted molar refractivity (Wildman–Crippen MR) is 53.4 cm³/mol. The van der Waals surface area contributed by atoms with Crippen molar-refractivity contribution in [1.82, 2.24) is 0 Å². The van der Waals surface area contributed by atoms with Gasteiger partial charge in [0.05, 0.1) is 18.8 Å². The molecule has 0 spiro atoms. The van der Waals surface area contributed by atoms with Gasteiger partial charge in [0.15, 0.2) is 6.29 Å². The Labute approximate surface area is 94.3 Å². The van der Waals surface area contributed by atoms with Gasteiger partial charge in [0.2, 0.25) is 0 Å². The molecule has 0 bridgehead atoms. The maximum absolute atomic E-state index is 13.7. The lowest BCUT2D eigenvalue weighted by molar-refractivity contribution is -0.0471. The van der Waals surface area contributed by atoms with Crippen molar-refractivity contribution in [2.45, 2.75) is 13.2 Å². The van der Waals surface area contributed by atoms with E-state index in [1.165, 1.54) is 13.0 Å². The first-order chi connectivity index (χ1) is 7.11. The van der Waals surface area contributed by atoms with Gasteiger partial charge in [-0.1, -0.05) is 15.9 Å². The van der Waals surface area contributed by atoms with Gasteiger partial charge in [-0.25, -0.2) is 8.78 Å². The van der Waals surface area contributed by atoms with Gasteiger partial charge in [-0.2, -0.15) is 0 Å². The Balaban J connectivity index is 2.50. The Bertz CT molecular complexity index is 389. The van der Waals surface area contributed by atoms with Crippen LogP contribution in [0.15, 0.2) is 10.5 Å². The Morgan fingerprint density at radius 3 is 2.53 bits per heavy atom. The van der Waals surface area contributed by atoms with Crippen LogP contribution >= 0.6 is 15.9 Å². The van der Waals surface area contributed by atoms with E-state index in [0.29, 0.717) is 17.7 Å². The Morgan fingerprint density at radius 1 is 1.33 bits per heavy atom. The summed E-state index contributed by atoms with van der Waals surface area (Å²) in [5.41, 5.74) is 0.207. The fourth-order valence-corrected chi connectivity index (χ4v) is 2.01. The molecule has 0 atom stereocenters. The summed E-state index contributed by atoms with van der Waals surface area (Å²) in [4.78, 5) is 0. The van der Waals surface area contributed by atoms with E-state index in [4.69, 9.17) is 9.47 Å². The summed E-state index contributed by atoms with van der Waals surface area (Å²) in [6.07, 6.45) is -0.737. The molecule has 0 saturated carbocycles. The largest absolute Gasteiger partial charge is 0.346 e. The van der Waals surface area contributed by atoms with Gasteiger partial charge < -0.3 is 9.47 Å². The molecule has 5 heteroatoms. The van der Waals surface area contributed by atoms with Crippen molar-refractivity contribution in [1.29, 1.82) is 0 Å². The van der Waals surface area contributed by atoms with Gasteiger partial charge in [0.25, 0.3) is 0 Å². The third-order valence-corrected chi connectivity index (χ3v) is 2.95. The van der Waals surface area contributed by atoms with E-state index >= 15 is 0 Å². The molecule has 0 aliphatic carbocycles. The Morgan fingerprint density at radius 2 is 1.93 bits per heavy atom. The van der Waals surface area contributed by atoms with Gasteiger partial charge in [0, 0.05) is 10.0 Å². The van der Waals surface area contributed by atoms with Crippen molar-refractivity contribution >= 4 is 15.9 Å². The molecule has 1 saturated heterocycles. The van der Waals surface area contributed by atoms with Crippen LogP contribution in [0.5, 0.6) is 0 Å². The van der Waals surface area contributed by atoms with Gasteiger partial charge in [0.1, 0.15) is 11.6 Å². The van der Waals surface area contributed by atoms with Crippen LogP contribution in [0, 0.1) is 18.6 Å². The molecule has 2 nitrogen and oxygen atoms in total. The summed E-state index contributed by atoms with van der Waals surface area (Å²) in [6, 6.07) is 1.22. The summed E-state index contributed by atoms with van der Waals surface area (Å²) in [5.74, 6) is -1.20. The molecule has 1 fully saturated rings. The first-order valence-corrected chi connectivity index (χ1v) is 5.27. The lowest BCUT2D eigenvalue weighted by Gasteiger charge is -2.14. The third kappa shape index (κ3) is 1.91. The first kappa shape index (κ1) is 11.0. The summed E-state index contributed by atoms with van der Waals surface area (Å²) < 4.78 is 37.6. The molecule has 1 heterocycles. The van der Waals surface area contributed by atoms with E-state index in [0.717, 1.165) is 0 Å². The number of ether oxygens (including phenoxy) is 2. The molecule has 0 radical (unpaired) electrons. The number of halogens is 3. The number of hydrogen-bond acceptors (Lipinski definition) is 2. The second-order valence-electron chi connectivity index (χ2n) is 3.27. The highest BCUT2D eigenvalue weighted by molar-refractivity contribution is 9.10. The molecule has 1 aromatic rings. The summed E-state index contributed by atoms with van der Waals surface area (Å²) in [6.45, 7) is 2.23. The second-order valence-corrected chi connectivity index (χ2v) is 4.12. The molecule has 0 unspecified atom stereocenters. The average molecular weight is 279 g/mol. The number of benzene rings is 1. The summed E-state index contributed by atoms with van der Waals surface area (Å²) in [7, 11) is 0. The lowest BCUT2D eigenvalue weighted by Crippen LogP contribution is -2.06. The molecule has 82 valence electrons. The monoisotopic (exact) mass is 278 g/mol. The fourth-order valence-electron chi connectivity index (χ4n) is 1.45. The maximum Gasteiger partial charge on any atom is 0.187 e. The highest BCUT2D eigenvalue weighted by atomic mass is 79.9. The van der Waals surface area contributed by atoms with E-state index in [1.807, 2.05) is 0 Å². The minimum atomic E-state index is -0.737. The van der Waals surface area contributed by atoms with E-state index in [9.17, 15) is 8.78 Å². The zero-order chi connectivity index (χ0) is 11.0. The van der Waals surface area contributed by atoms with E-state index in [-0.39, 0.29) is 11.1 Å². The standard InChI is InChI=1S/C10H9BrF2O2/c1-5-7(12)4-6(11)8(9(5)13)10-14-2-3-15-10/h4,10H,2-3H2,1H3. The van der Waals surface area contributed by atoms with Crippen LogP contribution in [0.2, 0.25) is 0 Å². The van der Waals surface area contributed by atoms with Gasteiger partial charge in [-0.15, -0.1) is 0 Å². The van der Waals surface area contributed by atoms with Crippen molar-refractivity contribution in [2.75, 3.05) is 13.2 Å². The second kappa shape index (κ2) is 4.15. The van der Waals surface area contributed by atoms with Crippen LogP contribution in [0.3, 0.4) is 0 Å². The molecule has 1 aliphatic rings. The maximum atomic E-state index is 13.7. The van der Waals surface area contributed by atoms with Crippen LogP contribution in [0.1, 0.15) is 17.4 Å². The molecule has 15 heavy (non-hydrogen) atoms. The minimum absolute atomic E-state index is 0.0210. The summed E-state index contributed by atoms with van der Waals surface area (Å²) >= 11 is 3.10. The molecular formula is C10H9BrF2O2. The van der Waals surface area contributed by atoms with Gasteiger partial charge >= 0.3 is 0 Å². The van der Waals surface area contributed by atoms with Gasteiger partial charge in [-0.05, 0) is 13.0 Å². The topological polar surface area (TPSA) is 18.5 Å². The quantitative estimate of drug-likeness (QED) is 0.786. The molecule has 0 amide bonds. The van der Waals surface area contributed by atoms with E-state index < -0.39 is 17.9 Å². The highest BCUT2D eigenvalue weighted by Gasteiger charge is 2.26. The van der Waals surface area contributed by atoms with E-state index in [2.05, 4.69) is 15.9 Å². The van der Waals surface area contributed by atoms with E-state index in [1.54, 1.807) is 0 Å². The van der Waals surface area contributed by atoms with Gasteiger partial charge in [-0.3, -0.25) is 0 Å². The van der Waals surface area contributed by atoms with Crippen molar-refractivity contribution in [2.24, 2.45) is 0 Å². The normalized spacial score (nSPS) is 17.3.